The number of nitrogens with one attached hydrogen (secondary N) is 1. The van der Waals surface area contributed by atoms with Gasteiger partial charge < -0.3 is 10.1 Å². The molecule has 0 aliphatic rings. The summed E-state index contributed by atoms with van der Waals surface area (Å²) in [6.45, 7) is 0.373. The topological polar surface area (TPSA) is 77.0 Å². The number of rotatable bonds is 5. The summed E-state index contributed by atoms with van der Waals surface area (Å²) >= 11 is 1.49. The molecule has 0 bridgehead atoms. The Kier molecular flexibility index (Phi) is 4.35. The largest absolute Gasteiger partial charge is 0.437 e. The van der Waals surface area contributed by atoms with Gasteiger partial charge in [-0.1, -0.05) is 0 Å². The zero-order chi connectivity index (χ0) is 15.2. The fraction of sp³-hybridized carbons (Fsp3) is 0.0667. The minimum atomic E-state index is -0.262. The van der Waals surface area contributed by atoms with Gasteiger partial charge in [-0.05, 0) is 24.3 Å². The van der Waals surface area contributed by atoms with Gasteiger partial charge in [-0.2, -0.15) is 0 Å². The first-order chi connectivity index (χ1) is 10.8. The minimum absolute atomic E-state index is 0.243. The van der Waals surface area contributed by atoms with Crippen LogP contribution in [-0.4, -0.2) is 20.9 Å². The highest BCUT2D eigenvalue weighted by Gasteiger charge is 2.14. The molecule has 0 radical (unpaired) electrons. The predicted octanol–water partition coefficient (Wildman–Crippen LogP) is 2.66. The van der Waals surface area contributed by atoms with E-state index in [4.69, 9.17) is 4.74 Å². The standard InChI is InChI=1S/C15H12N4O2S/c20-14(19-10-13-17-7-8-22-13)12-4-2-6-18-15(12)21-11-3-1-5-16-9-11/h1-9H,10H2,(H,19,20). The molecule has 0 spiro atoms. The van der Waals surface area contributed by atoms with E-state index in [0.717, 1.165) is 5.01 Å². The number of pyridine rings is 2. The van der Waals surface area contributed by atoms with Crippen LogP contribution in [0.1, 0.15) is 15.4 Å². The lowest BCUT2D eigenvalue weighted by molar-refractivity contribution is 0.0948. The van der Waals surface area contributed by atoms with Crippen molar-refractivity contribution in [1.29, 1.82) is 0 Å². The summed E-state index contributed by atoms with van der Waals surface area (Å²) < 4.78 is 5.62. The van der Waals surface area contributed by atoms with E-state index in [2.05, 4.69) is 20.3 Å². The Hall–Kier alpha value is -2.80. The third-order valence-electron chi connectivity index (χ3n) is 2.75. The Morgan fingerprint density at radius 3 is 2.86 bits per heavy atom. The lowest BCUT2D eigenvalue weighted by atomic mass is 10.2. The predicted molar refractivity (Wildman–Crippen MR) is 81.8 cm³/mol. The van der Waals surface area contributed by atoms with Gasteiger partial charge in [-0.25, -0.2) is 9.97 Å². The van der Waals surface area contributed by atoms with Gasteiger partial charge in [-0.15, -0.1) is 11.3 Å². The van der Waals surface area contributed by atoms with Crippen LogP contribution in [0, 0.1) is 0 Å². The van der Waals surface area contributed by atoms with E-state index < -0.39 is 0 Å². The second kappa shape index (κ2) is 6.77. The molecule has 3 aromatic rings. The Labute approximate surface area is 130 Å². The maximum Gasteiger partial charge on any atom is 0.257 e. The Balaban J connectivity index is 1.74. The van der Waals surface area contributed by atoms with Crippen molar-refractivity contribution in [2.75, 3.05) is 0 Å². The fourth-order valence-electron chi connectivity index (χ4n) is 1.76. The molecule has 1 N–H and O–H groups in total. The van der Waals surface area contributed by atoms with Crippen molar-refractivity contribution in [2.45, 2.75) is 6.54 Å². The van der Waals surface area contributed by atoms with E-state index in [1.807, 2.05) is 5.38 Å². The maximum atomic E-state index is 12.3. The summed E-state index contributed by atoms with van der Waals surface area (Å²) in [6, 6.07) is 6.85. The highest BCUT2D eigenvalue weighted by atomic mass is 32.1. The van der Waals surface area contributed by atoms with Gasteiger partial charge in [0.2, 0.25) is 5.88 Å². The molecule has 22 heavy (non-hydrogen) atoms. The molecule has 0 saturated heterocycles. The van der Waals surface area contributed by atoms with Crippen molar-refractivity contribution < 1.29 is 9.53 Å². The molecular formula is C15H12N4O2S. The summed E-state index contributed by atoms with van der Waals surface area (Å²) in [5.41, 5.74) is 0.364. The molecule has 110 valence electrons. The van der Waals surface area contributed by atoms with E-state index in [9.17, 15) is 4.79 Å². The zero-order valence-electron chi connectivity index (χ0n) is 11.5. The van der Waals surface area contributed by atoms with Crippen LogP contribution in [-0.2, 0) is 6.54 Å². The molecule has 0 atom stereocenters. The van der Waals surface area contributed by atoms with Crippen LogP contribution in [0.2, 0.25) is 0 Å². The van der Waals surface area contributed by atoms with Gasteiger partial charge in [-0.3, -0.25) is 9.78 Å². The van der Waals surface area contributed by atoms with Crippen LogP contribution in [0.5, 0.6) is 11.6 Å². The minimum Gasteiger partial charge on any atom is -0.437 e. The zero-order valence-corrected chi connectivity index (χ0v) is 12.3. The molecule has 3 aromatic heterocycles. The molecule has 0 unspecified atom stereocenters. The molecule has 0 saturated carbocycles. The molecule has 3 rings (SSSR count). The van der Waals surface area contributed by atoms with Crippen LogP contribution < -0.4 is 10.1 Å². The van der Waals surface area contributed by atoms with Crippen LogP contribution >= 0.6 is 11.3 Å². The number of hydrogen-bond donors (Lipinski definition) is 1. The second-order valence-electron chi connectivity index (χ2n) is 4.26. The molecule has 0 aliphatic heterocycles. The second-order valence-corrected chi connectivity index (χ2v) is 5.23. The van der Waals surface area contributed by atoms with Gasteiger partial charge in [0.1, 0.15) is 16.3 Å². The van der Waals surface area contributed by atoms with Crippen molar-refractivity contribution in [3.8, 4) is 11.6 Å². The number of aromatic nitrogens is 3. The highest BCUT2D eigenvalue weighted by Crippen LogP contribution is 2.21. The number of carbonyl (C=O) groups is 1. The number of hydrogen-bond acceptors (Lipinski definition) is 6. The van der Waals surface area contributed by atoms with Crippen LogP contribution in [0.4, 0.5) is 0 Å². The van der Waals surface area contributed by atoms with Crippen LogP contribution in [0.3, 0.4) is 0 Å². The first-order valence-electron chi connectivity index (χ1n) is 6.52. The number of amides is 1. The number of thiazole rings is 1. The van der Waals surface area contributed by atoms with Gasteiger partial charge in [0.25, 0.3) is 5.91 Å². The first kappa shape index (κ1) is 14.2. The smallest absolute Gasteiger partial charge is 0.257 e. The fourth-order valence-corrected chi connectivity index (χ4v) is 2.31. The molecule has 3 heterocycles. The number of carbonyl (C=O) groups excluding carboxylic acids is 1. The first-order valence-corrected chi connectivity index (χ1v) is 7.40. The average molecular weight is 312 g/mol. The van der Waals surface area contributed by atoms with Gasteiger partial charge in [0.05, 0.1) is 12.7 Å². The highest BCUT2D eigenvalue weighted by molar-refractivity contribution is 7.09. The molecule has 0 fully saturated rings. The van der Waals surface area contributed by atoms with E-state index in [1.54, 1.807) is 49.1 Å². The summed E-state index contributed by atoms with van der Waals surface area (Å²) in [6.07, 6.45) is 6.48. The Morgan fingerprint density at radius 1 is 1.18 bits per heavy atom. The molecule has 0 aliphatic carbocycles. The van der Waals surface area contributed by atoms with E-state index in [1.165, 1.54) is 11.3 Å². The van der Waals surface area contributed by atoms with Crippen LogP contribution in [0.15, 0.2) is 54.4 Å². The molecule has 6 nitrogen and oxygen atoms in total. The summed E-state index contributed by atoms with van der Waals surface area (Å²) in [5.74, 6) is 0.504. The molecular weight excluding hydrogens is 300 g/mol. The summed E-state index contributed by atoms with van der Waals surface area (Å²) in [4.78, 5) is 24.5. The van der Waals surface area contributed by atoms with Gasteiger partial charge in [0.15, 0.2) is 0 Å². The summed E-state index contributed by atoms with van der Waals surface area (Å²) in [5, 5.41) is 5.50. The average Bonchev–Trinajstić information content (AvgIpc) is 3.08. The lowest BCUT2D eigenvalue weighted by Crippen LogP contribution is -2.23. The summed E-state index contributed by atoms with van der Waals surface area (Å²) in [7, 11) is 0. The normalized spacial score (nSPS) is 10.2. The Morgan fingerprint density at radius 2 is 2.09 bits per heavy atom. The SMILES string of the molecule is O=C(NCc1nccs1)c1cccnc1Oc1cccnc1. The quantitative estimate of drug-likeness (QED) is 0.783. The third kappa shape index (κ3) is 3.44. The van der Waals surface area contributed by atoms with E-state index >= 15 is 0 Å². The lowest BCUT2D eigenvalue weighted by Gasteiger charge is -2.09. The van der Waals surface area contributed by atoms with E-state index in [-0.39, 0.29) is 11.8 Å². The van der Waals surface area contributed by atoms with Gasteiger partial charge in [0, 0.05) is 24.0 Å². The van der Waals surface area contributed by atoms with E-state index in [0.29, 0.717) is 17.9 Å². The number of nitrogens with zero attached hydrogens (tertiary/aromatic N) is 3. The van der Waals surface area contributed by atoms with Crippen molar-refractivity contribution >= 4 is 17.2 Å². The van der Waals surface area contributed by atoms with Crippen molar-refractivity contribution in [3.63, 3.8) is 0 Å². The molecule has 0 aromatic carbocycles. The van der Waals surface area contributed by atoms with Crippen molar-refractivity contribution in [3.05, 3.63) is 65.0 Å². The van der Waals surface area contributed by atoms with Crippen LogP contribution in [0.25, 0.3) is 0 Å². The third-order valence-corrected chi connectivity index (χ3v) is 3.53. The maximum absolute atomic E-state index is 12.3. The van der Waals surface area contributed by atoms with Crippen molar-refractivity contribution in [1.82, 2.24) is 20.3 Å². The monoisotopic (exact) mass is 312 g/mol. The Bertz CT molecular complexity index is 747. The molecule has 1 amide bonds. The number of ether oxygens (including phenoxy) is 1. The molecule has 7 heteroatoms. The van der Waals surface area contributed by atoms with Gasteiger partial charge >= 0.3 is 0 Å². The van der Waals surface area contributed by atoms with Crippen molar-refractivity contribution in [2.24, 2.45) is 0 Å².